The topological polar surface area (TPSA) is 129 Å². The van der Waals surface area contributed by atoms with E-state index in [-0.39, 0.29) is 11.7 Å². The van der Waals surface area contributed by atoms with Crippen molar-refractivity contribution in [2.75, 3.05) is 5.32 Å². The van der Waals surface area contributed by atoms with Crippen LogP contribution in [0.5, 0.6) is 0 Å². The average Bonchev–Trinajstić information content (AvgIpc) is 3.36. The molecule has 144 valence electrons. The Morgan fingerprint density at radius 2 is 2.03 bits per heavy atom. The number of pyridine rings is 1. The number of nitrogens with zero attached hydrogens (tertiary/aromatic N) is 6. The van der Waals surface area contributed by atoms with Crippen LogP contribution in [0.25, 0.3) is 16.9 Å². The minimum Gasteiger partial charge on any atom is -0.358 e. The van der Waals surface area contributed by atoms with Crippen molar-refractivity contribution in [2.45, 2.75) is 6.92 Å². The molecule has 0 atom stereocenters. The molecule has 11 heteroatoms. The molecule has 29 heavy (non-hydrogen) atoms. The molecule has 0 aliphatic heterocycles. The van der Waals surface area contributed by atoms with Crippen LogP contribution in [0.4, 0.5) is 11.5 Å². The van der Waals surface area contributed by atoms with Crippen LogP contribution in [0, 0.1) is 17.0 Å². The Bertz CT molecular complexity index is 1190. The van der Waals surface area contributed by atoms with Gasteiger partial charge in [0.25, 0.3) is 5.91 Å². The molecule has 1 amide bonds. The van der Waals surface area contributed by atoms with Crippen LogP contribution in [-0.2, 0) is 0 Å². The van der Waals surface area contributed by atoms with E-state index in [4.69, 9.17) is 0 Å². The van der Waals surface area contributed by atoms with Crippen molar-refractivity contribution in [3.63, 3.8) is 0 Å². The molecule has 1 aromatic carbocycles. The first-order valence-electron chi connectivity index (χ1n) is 8.38. The Labute approximate surface area is 168 Å². The normalized spacial score (nSPS) is 10.7. The average molecular weight is 407 g/mol. The molecule has 0 saturated carbocycles. The van der Waals surface area contributed by atoms with E-state index in [9.17, 15) is 14.9 Å². The summed E-state index contributed by atoms with van der Waals surface area (Å²) in [6, 6.07) is 11.5. The third-order valence-electron chi connectivity index (χ3n) is 4.06. The molecule has 3 heterocycles. The maximum absolute atomic E-state index is 12.3. The highest BCUT2D eigenvalue weighted by molar-refractivity contribution is 7.08. The van der Waals surface area contributed by atoms with Gasteiger partial charge in [0.05, 0.1) is 11.8 Å². The zero-order chi connectivity index (χ0) is 20.4. The number of rotatable bonds is 5. The van der Waals surface area contributed by atoms with Gasteiger partial charge in [-0.2, -0.15) is 0 Å². The van der Waals surface area contributed by atoms with Gasteiger partial charge in [-0.3, -0.25) is 9.78 Å². The molecular formula is C18H13N7O3S. The molecule has 1 N–H and O–H groups in total. The number of benzene rings is 1. The van der Waals surface area contributed by atoms with Crippen molar-refractivity contribution < 1.29 is 9.72 Å². The first-order chi connectivity index (χ1) is 14.0. The third-order valence-corrected chi connectivity index (χ3v) is 4.89. The van der Waals surface area contributed by atoms with Gasteiger partial charge in [0.15, 0.2) is 5.69 Å². The smallest absolute Gasteiger partial charge is 0.350 e. The summed E-state index contributed by atoms with van der Waals surface area (Å²) in [6.07, 6.45) is 3.21. The van der Waals surface area contributed by atoms with Gasteiger partial charge in [0, 0.05) is 23.6 Å². The van der Waals surface area contributed by atoms with E-state index < -0.39 is 4.92 Å². The summed E-state index contributed by atoms with van der Waals surface area (Å²) < 4.78 is 4.98. The second-order valence-corrected chi connectivity index (χ2v) is 6.74. The molecule has 0 bridgehead atoms. The first-order valence-corrected chi connectivity index (χ1v) is 9.16. The number of nitrogens with one attached hydrogen (secondary N) is 1. The van der Waals surface area contributed by atoms with Crippen LogP contribution >= 0.6 is 11.5 Å². The van der Waals surface area contributed by atoms with Crippen molar-refractivity contribution >= 4 is 28.9 Å². The lowest BCUT2D eigenvalue weighted by Gasteiger charge is -2.04. The minimum atomic E-state index is -0.498. The van der Waals surface area contributed by atoms with Gasteiger partial charge in [-0.25, -0.2) is 0 Å². The van der Waals surface area contributed by atoms with Crippen molar-refractivity contribution in [1.82, 2.24) is 24.4 Å². The molecular weight excluding hydrogens is 394 g/mol. The van der Waals surface area contributed by atoms with E-state index in [1.165, 1.54) is 10.7 Å². The van der Waals surface area contributed by atoms with Gasteiger partial charge >= 0.3 is 5.82 Å². The van der Waals surface area contributed by atoms with Gasteiger partial charge < -0.3 is 15.4 Å². The summed E-state index contributed by atoms with van der Waals surface area (Å²) >= 11 is 1.02. The highest BCUT2D eigenvalue weighted by atomic mass is 32.1. The summed E-state index contributed by atoms with van der Waals surface area (Å²) in [5.74, 6) is -0.485. The Kier molecular flexibility index (Phi) is 4.79. The molecule has 4 rings (SSSR count). The second-order valence-electron chi connectivity index (χ2n) is 5.99. The summed E-state index contributed by atoms with van der Waals surface area (Å²) in [5, 5.41) is 22.4. The number of nitro groups is 1. The van der Waals surface area contributed by atoms with Gasteiger partial charge in [0.2, 0.25) is 0 Å². The predicted octanol–water partition coefficient (Wildman–Crippen LogP) is 3.25. The van der Waals surface area contributed by atoms with E-state index in [1.54, 1.807) is 55.7 Å². The van der Waals surface area contributed by atoms with E-state index in [0.717, 1.165) is 11.5 Å². The van der Waals surface area contributed by atoms with Crippen LogP contribution in [0.2, 0.25) is 0 Å². The Hall–Kier alpha value is -3.99. The first kappa shape index (κ1) is 18.4. The molecule has 0 saturated heterocycles. The quantitative estimate of drug-likeness (QED) is 0.397. The van der Waals surface area contributed by atoms with Crippen LogP contribution in [-0.4, -0.2) is 35.2 Å². The molecule has 3 aromatic heterocycles. The largest absolute Gasteiger partial charge is 0.358 e. The second kappa shape index (κ2) is 7.56. The van der Waals surface area contributed by atoms with E-state index in [1.807, 2.05) is 0 Å². The molecule has 0 spiro atoms. The standard InChI is InChI=1S/C18H13N7O3S/c1-11-17(29-23-21-11)18(26)20-13-4-6-14(7-5-13)24-16(25(27)28)9-15(22-24)12-3-2-8-19-10-12/h2-10H,1H3,(H,20,26). The van der Waals surface area contributed by atoms with Gasteiger partial charge in [-0.05, 0) is 59.8 Å². The zero-order valence-electron chi connectivity index (χ0n) is 15.0. The molecule has 0 fully saturated rings. The van der Waals surface area contributed by atoms with E-state index in [0.29, 0.717) is 33.2 Å². The fourth-order valence-corrected chi connectivity index (χ4v) is 3.21. The summed E-state index contributed by atoms with van der Waals surface area (Å²) in [4.78, 5) is 27.7. The Balaban J connectivity index is 1.62. The van der Waals surface area contributed by atoms with Crippen LogP contribution in [0.3, 0.4) is 0 Å². The number of aromatic nitrogens is 5. The van der Waals surface area contributed by atoms with Gasteiger partial charge in [-0.15, -0.1) is 5.10 Å². The number of amides is 1. The molecule has 0 aliphatic carbocycles. The lowest BCUT2D eigenvalue weighted by Crippen LogP contribution is -2.11. The van der Waals surface area contributed by atoms with Crippen molar-refractivity contribution in [3.8, 4) is 16.9 Å². The highest BCUT2D eigenvalue weighted by Crippen LogP contribution is 2.26. The zero-order valence-corrected chi connectivity index (χ0v) is 15.8. The SMILES string of the molecule is Cc1nnsc1C(=O)Nc1ccc(-n2nc(-c3cccnc3)cc2[N+](=O)[O-])cc1. The minimum absolute atomic E-state index is 0.174. The molecule has 4 aromatic rings. The monoisotopic (exact) mass is 407 g/mol. The number of hydrogen-bond acceptors (Lipinski definition) is 8. The van der Waals surface area contributed by atoms with Crippen molar-refractivity contribution in [1.29, 1.82) is 0 Å². The summed E-state index contributed by atoms with van der Waals surface area (Å²) in [7, 11) is 0. The third kappa shape index (κ3) is 3.71. The lowest BCUT2D eigenvalue weighted by molar-refractivity contribution is -0.391. The van der Waals surface area contributed by atoms with Gasteiger partial charge in [-0.1, -0.05) is 14.3 Å². The van der Waals surface area contributed by atoms with E-state index in [2.05, 4.69) is 25.0 Å². The number of anilines is 1. The molecule has 0 radical (unpaired) electrons. The van der Waals surface area contributed by atoms with E-state index >= 15 is 0 Å². The summed E-state index contributed by atoms with van der Waals surface area (Å²) in [5.41, 5.74) is 2.69. The maximum Gasteiger partial charge on any atom is 0.350 e. The van der Waals surface area contributed by atoms with Crippen LogP contribution < -0.4 is 5.32 Å². The highest BCUT2D eigenvalue weighted by Gasteiger charge is 2.21. The molecule has 0 aliphatic rings. The number of aryl methyl sites for hydroxylation is 1. The van der Waals surface area contributed by atoms with Crippen molar-refractivity contribution in [3.05, 3.63) is 75.5 Å². The number of carbonyl (C=O) groups is 1. The van der Waals surface area contributed by atoms with Gasteiger partial charge in [0.1, 0.15) is 10.6 Å². The fraction of sp³-hybridized carbons (Fsp3) is 0.0556. The molecule has 10 nitrogen and oxygen atoms in total. The summed E-state index contributed by atoms with van der Waals surface area (Å²) in [6.45, 7) is 1.71. The Morgan fingerprint density at radius 1 is 1.24 bits per heavy atom. The van der Waals surface area contributed by atoms with Crippen molar-refractivity contribution in [2.24, 2.45) is 0 Å². The fourth-order valence-electron chi connectivity index (χ4n) is 2.66. The Morgan fingerprint density at radius 3 is 2.66 bits per heavy atom. The predicted molar refractivity (Wildman–Crippen MR) is 106 cm³/mol. The number of hydrogen-bond donors (Lipinski definition) is 1. The van der Waals surface area contributed by atoms with Crippen LogP contribution in [0.1, 0.15) is 15.4 Å². The van der Waals surface area contributed by atoms with Crippen LogP contribution in [0.15, 0.2) is 54.9 Å². The molecule has 0 unspecified atom stereocenters. The number of carbonyl (C=O) groups excluding carboxylic acids is 1. The maximum atomic E-state index is 12.3. The lowest BCUT2D eigenvalue weighted by atomic mass is 10.2.